The summed E-state index contributed by atoms with van der Waals surface area (Å²) in [5, 5.41) is 14.1. The van der Waals surface area contributed by atoms with E-state index in [1.54, 1.807) is 18.2 Å². The predicted molar refractivity (Wildman–Crippen MR) is 136 cm³/mol. The van der Waals surface area contributed by atoms with E-state index < -0.39 is 38.0 Å². The Bertz CT molecular complexity index is 1250. The van der Waals surface area contributed by atoms with Gasteiger partial charge in [0.15, 0.2) is 0 Å². The number of hydrogen-bond donors (Lipinski definition) is 1. The zero-order chi connectivity index (χ0) is 25.5. The van der Waals surface area contributed by atoms with E-state index in [1.165, 1.54) is 12.1 Å². The number of esters is 1. The maximum atomic E-state index is 12.7. The first kappa shape index (κ1) is 25.2. The summed E-state index contributed by atoms with van der Waals surface area (Å²) in [5.41, 5.74) is 4.36. The zero-order valence-corrected chi connectivity index (χ0v) is 21.0. The molecule has 0 saturated heterocycles. The monoisotopic (exact) mass is 552 g/mol. The molecule has 3 aromatic carbocycles. The molecule has 1 aliphatic carbocycles. The summed E-state index contributed by atoms with van der Waals surface area (Å²) < 4.78 is 11.2. The molecule has 184 valence electrons. The van der Waals surface area contributed by atoms with E-state index in [9.17, 15) is 19.7 Å². The predicted octanol–water partition coefficient (Wildman–Crippen LogP) is 3.98. The molecular weight excluding hydrogens is 527 g/mol. The first-order chi connectivity index (χ1) is 17.5. The minimum absolute atomic E-state index is 0.0137. The number of carbonyl (C=O) groups is 2. The van der Waals surface area contributed by atoms with Gasteiger partial charge in [0.05, 0.1) is 0 Å². The Hall–Kier alpha value is -3.94. The Morgan fingerprint density at radius 3 is 2.25 bits per heavy atom. The normalized spacial score (nSPS) is 12.7. The third-order valence-electron chi connectivity index (χ3n) is 5.73. The van der Waals surface area contributed by atoms with Crippen molar-refractivity contribution in [3.05, 3.63) is 107 Å². The second kappa shape index (κ2) is 11.7. The summed E-state index contributed by atoms with van der Waals surface area (Å²) in [5.74, 6) is -0.769. The Morgan fingerprint density at radius 2 is 1.61 bits per heavy atom. The number of hydrogen-bond acceptors (Lipinski definition) is 6. The number of fused-ring (bicyclic) bond motifs is 3. The Balaban J connectivity index is 1.43. The van der Waals surface area contributed by atoms with Crippen molar-refractivity contribution in [2.24, 2.45) is 0 Å². The molecule has 1 atom stereocenters. The van der Waals surface area contributed by atoms with Gasteiger partial charge in [0.1, 0.15) is 0 Å². The van der Waals surface area contributed by atoms with Crippen LogP contribution in [-0.4, -0.2) is 51.2 Å². The van der Waals surface area contributed by atoms with E-state index in [0.29, 0.717) is 4.46 Å². The van der Waals surface area contributed by atoms with Gasteiger partial charge in [0, 0.05) is 0 Å². The van der Waals surface area contributed by atoms with Crippen LogP contribution in [0.5, 0.6) is 0 Å². The number of nitro benzene ring substituents is 1. The molecule has 0 unspecified atom stereocenters. The summed E-state index contributed by atoms with van der Waals surface area (Å²) in [4.78, 5) is 36.2. The number of alkyl carbamates (subject to hydrolysis) is 1. The molecule has 0 spiro atoms. The number of benzene rings is 3. The topological polar surface area (TPSA) is 108 Å². The molecule has 1 amide bonds. The standard InChI is InChI=1S/C27H24N2O6Se/c1-2-15-34-26(30)23(17-36-25-14-8-7-13-24(25)29(32)33)28-27(31)35-16-22-20-11-5-3-9-18(20)19-10-4-6-12-21(19)22/h2-14,22-23H,1,15-17H2,(H,28,31)/t23-/m0/s1. The SMILES string of the molecule is C=CCOC(=O)[C@H](C[Se]c1ccccc1[N+](=O)[O-])NC(=O)OCC1c2ccccc2-c2ccccc21. The van der Waals surface area contributed by atoms with Gasteiger partial charge in [0.25, 0.3) is 0 Å². The quantitative estimate of drug-likeness (QED) is 0.134. The second-order valence-corrected chi connectivity index (χ2v) is 10.2. The number of rotatable bonds is 10. The van der Waals surface area contributed by atoms with Gasteiger partial charge in [-0.3, -0.25) is 0 Å². The van der Waals surface area contributed by atoms with Crippen LogP contribution in [0.2, 0.25) is 5.32 Å². The second-order valence-electron chi connectivity index (χ2n) is 7.98. The molecule has 3 aromatic rings. The average molecular weight is 551 g/mol. The molecule has 36 heavy (non-hydrogen) atoms. The van der Waals surface area contributed by atoms with Crippen LogP contribution in [0.1, 0.15) is 17.0 Å². The van der Waals surface area contributed by atoms with Crippen molar-refractivity contribution in [3.63, 3.8) is 0 Å². The number of carbonyl (C=O) groups excluding carboxylic acids is 2. The number of nitro groups is 1. The fourth-order valence-corrected chi connectivity index (χ4v) is 6.26. The molecular formula is C27H24N2O6Se. The van der Waals surface area contributed by atoms with Crippen molar-refractivity contribution < 1.29 is 24.0 Å². The number of ether oxygens (including phenoxy) is 2. The molecule has 0 bridgehead atoms. The summed E-state index contributed by atoms with van der Waals surface area (Å²) in [7, 11) is 0. The van der Waals surface area contributed by atoms with E-state index in [2.05, 4.69) is 11.9 Å². The van der Waals surface area contributed by atoms with Crippen molar-refractivity contribution in [2.45, 2.75) is 17.3 Å². The molecule has 1 aliphatic rings. The van der Waals surface area contributed by atoms with E-state index in [0.717, 1.165) is 22.3 Å². The molecule has 8 nitrogen and oxygen atoms in total. The van der Waals surface area contributed by atoms with Crippen LogP contribution < -0.4 is 9.78 Å². The van der Waals surface area contributed by atoms with Crippen LogP contribution in [0, 0.1) is 10.1 Å². The van der Waals surface area contributed by atoms with E-state index in [1.807, 2.05) is 48.5 Å². The van der Waals surface area contributed by atoms with Gasteiger partial charge in [-0.25, -0.2) is 0 Å². The van der Waals surface area contributed by atoms with E-state index in [-0.39, 0.29) is 30.1 Å². The van der Waals surface area contributed by atoms with Gasteiger partial charge in [-0.1, -0.05) is 0 Å². The van der Waals surface area contributed by atoms with Crippen molar-refractivity contribution in [1.29, 1.82) is 0 Å². The number of para-hydroxylation sites is 1. The van der Waals surface area contributed by atoms with Crippen LogP contribution >= 0.6 is 0 Å². The van der Waals surface area contributed by atoms with Crippen molar-refractivity contribution >= 4 is 37.2 Å². The maximum absolute atomic E-state index is 12.7. The van der Waals surface area contributed by atoms with Gasteiger partial charge in [-0.05, 0) is 0 Å². The average Bonchev–Trinajstić information content (AvgIpc) is 3.22. The van der Waals surface area contributed by atoms with Crippen LogP contribution in [0.15, 0.2) is 85.5 Å². The summed E-state index contributed by atoms with van der Waals surface area (Å²) in [6.07, 6.45) is 0.672. The first-order valence-electron chi connectivity index (χ1n) is 11.2. The van der Waals surface area contributed by atoms with E-state index >= 15 is 0 Å². The fraction of sp³-hybridized carbons (Fsp3) is 0.185. The van der Waals surface area contributed by atoms with Crippen LogP contribution in [0.4, 0.5) is 10.5 Å². The van der Waals surface area contributed by atoms with Gasteiger partial charge in [-0.15, -0.1) is 0 Å². The number of nitrogens with one attached hydrogen (secondary N) is 1. The molecule has 0 radical (unpaired) electrons. The number of nitrogens with zero attached hydrogens (tertiary/aromatic N) is 1. The van der Waals surface area contributed by atoms with Crippen LogP contribution in [0.25, 0.3) is 11.1 Å². The zero-order valence-electron chi connectivity index (χ0n) is 19.3. The summed E-state index contributed by atoms with van der Waals surface area (Å²) in [6.45, 7) is 3.61. The third-order valence-corrected chi connectivity index (χ3v) is 8.16. The molecule has 0 aliphatic heterocycles. The molecule has 4 rings (SSSR count). The Morgan fingerprint density at radius 1 is 1.00 bits per heavy atom. The van der Waals surface area contributed by atoms with Crippen LogP contribution in [-0.2, 0) is 14.3 Å². The number of amides is 1. The van der Waals surface area contributed by atoms with E-state index in [4.69, 9.17) is 9.47 Å². The van der Waals surface area contributed by atoms with Gasteiger partial charge >= 0.3 is 215 Å². The molecule has 1 N–H and O–H groups in total. The molecule has 0 fully saturated rings. The first-order valence-corrected chi connectivity index (χ1v) is 13.3. The van der Waals surface area contributed by atoms with Crippen molar-refractivity contribution in [1.82, 2.24) is 5.32 Å². The van der Waals surface area contributed by atoms with Crippen LogP contribution in [0.3, 0.4) is 0 Å². The molecule has 9 heteroatoms. The molecule has 0 heterocycles. The molecule has 0 aromatic heterocycles. The Labute approximate surface area is 214 Å². The summed E-state index contributed by atoms with van der Waals surface area (Å²) in [6, 6.07) is 21.3. The fourth-order valence-electron chi connectivity index (χ4n) is 4.10. The van der Waals surface area contributed by atoms with Gasteiger partial charge in [-0.2, -0.15) is 0 Å². The molecule has 0 saturated carbocycles. The van der Waals surface area contributed by atoms with Gasteiger partial charge < -0.3 is 0 Å². The van der Waals surface area contributed by atoms with Gasteiger partial charge in [0.2, 0.25) is 0 Å². The minimum atomic E-state index is -1.01. The summed E-state index contributed by atoms with van der Waals surface area (Å²) >= 11 is -0.474. The van der Waals surface area contributed by atoms with Crippen molar-refractivity contribution in [2.75, 3.05) is 13.2 Å². The van der Waals surface area contributed by atoms with Crippen molar-refractivity contribution in [3.8, 4) is 11.1 Å². The third kappa shape index (κ3) is 5.64. The Kier molecular flexibility index (Phi) is 8.15.